The maximum Gasteiger partial charge on any atom is 0.134 e. The van der Waals surface area contributed by atoms with Gasteiger partial charge in [-0.1, -0.05) is 13.8 Å². The number of hydrogen-bond donors (Lipinski definition) is 1. The van der Waals surface area contributed by atoms with Gasteiger partial charge in [0.15, 0.2) is 0 Å². The Morgan fingerprint density at radius 1 is 1.57 bits per heavy atom. The molecule has 0 saturated carbocycles. The Labute approximate surface area is 91.2 Å². The van der Waals surface area contributed by atoms with Crippen molar-refractivity contribution in [3.05, 3.63) is 0 Å². The summed E-state index contributed by atoms with van der Waals surface area (Å²) >= 11 is 1.95. The average Bonchev–Trinajstić information content (AvgIpc) is 2.16. The largest absolute Gasteiger partial charge is 0.312 e. The quantitative estimate of drug-likeness (QED) is 0.761. The summed E-state index contributed by atoms with van der Waals surface area (Å²) in [6.07, 6.45) is 2.54. The second kappa shape index (κ2) is 6.46. The Hall–Kier alpha value is -0.0200. The highest BCUT2D eigenvalue weighted by atomic mass is 32.2. The zero-order valence-electron chi connectivity index (χ0n) is 9.21. The van der Waals surface area contributed by atoms with Gasteiger partial charge in [-0.25, -0.2) is 0 Å². The van der Waals surface area contributed by atoms with Crippen LogP contribution < -0.4 is 5.32 Å². The lowest BCUT2D eigenvalue weighted by Crippen LogP contribution is -2.38. The fraction of sp³-hybridized carbons (Fsp3) is 0.909. The van der Waals surface area contributed by atoms with Gasteiger partial charge in [-0.15, -0.1) is 0 Å². The van der Waals surface area contributed by atoms with Gasteiger partial charge >= 0.3 is 0 Å². The molecule has 3 heteroatoms. The van der Waals surface area contributed by atoms with Crippen LogP contribution in [0.4, 0.5) is 0 Å². The SMILES string of the molecule is CC(C)CCC(=O)CC1CSCCN1. The standard InChI is InChI=1S/C11H21NOS/c1-9(2)3-4-11(13)7-10-8-14-6-5-12-10/h9-10,12H,3-8H2,1-2H3. The Bertz CT molecular complexity index is 176. The molecule has 14 heavy (non-hydrogen) atoms. The predicted octanol–water partition coefficient (Wildman–Crippen LogP) is 2.09. The molecule has 0 aromatic carbocycles. The van der Waals surface area contributed by atoms with Crippen molar-refractivity contribution in [1.29, 1.82) is 0 Å². The Kier molecular flexibility index (Phi) is 5.56. The normalized spacial score (nSPS) is 22.6. The second-order valence-electron chi connectivity index (χ2n) is 4.40. The summed E-state index contributed by atoms with van der Waals surface area (Å²) in [4.78, 5) is 11.6. The van der Waals surface area contributed by atoms with Gasteiger partial charge in [0, 0.05) is 36.9 Å². The predicted molar refractivity (Wildman–Crippen MR) is 62.8 cm³/mol. The Morgan fingerprint density at radius 2 is 2.36 bits per heavy atom. The molecule has 1 unspecified atom stereocenters. The molecule has 0 radical (unpaired) electrons. The maximum absolute atomic E-state index is 11.6. The van der Waals surface area contributed by atoms with E-state index < -0.39 is 0 Å². The molecule has 0 spiro atoms. The molecule has 1 atom stereocenters. The van der Waals surface area contributed by atoms with Crippen LogP contribution >= 0.6 is 11.8 Å². The lowest BCUT2D eigenvalue weighted by atomic mass is 10.0. The molecule has 0 amide bonds. The van der Waals surface area contributed by atoms with E-state index in [1.54, 1.807) is 0 Å². The lowest BCUT2D eigenvalue weighted by molar-refractivity contribution is -0.119. The Morgan fingerprint density at radius 3 is 2.93 bits per heavy atom. The fourth-order valence-electron chi connectivity index (χ4n) is 1.58. The van der Waals surface area contributed by atoms with Gasteiger partial charge in [0.1, 0.15) is 5.78 Å². The molecule has 1 N–H and O–H groups in total. The zero-order chi connectivity index (χ0) is 10.4. The molecule has 1 aliphatic heterocycles. The molecular weight excluding hydrogens is 194 g/mol. The molecule has 1 heterocycles. The van der Waals surface area contributed by atoms with Crippen molar-refractivity contribution in [3.63, 3.8) is 0 Å². The van der Waals surface area contributed by atoms with E-state index in [-0.39, 0.29) is 0 Å². The van der Waals surface area contributed by atoms with Crippen LogP contribution in [0.5, 0.6) is 0 Å². The highest BCUT2D eigenvalue weighted by molar-refractivity contribution is 7.99. The van der Waals surface area contributed by atoms with Crippen LogP contribution in [0, 0.1) is 5.92 Å². The van der Waals surface area contributed by atoms with Crippen LogP contribution in [0.3, 0.4) is 0 Å². The Balaban J connectivity index is 2.12. The van der Waals surface area contributed by atoms with E-state index in [1.807, 2.05) is 11.8 Å². The third kappa shape index (κ3) is 5.01. The van der Waals surface area contributed by atoms with E-state index in [9.17, 15) is 4.79 Å². The van der Waals surface area contributed by atoms with E-state index >= 15 is 0 Å². The van der Waals surface area contributed by atoms with Crippen LogP contribution in [0.2, 0.25) is 0 Å². The zero-order valence-corrected chi connectivity index (χ0v) is 10.0. The number of ketones is 1. The molecule has 1 saturated heterocycles. The van der Waals surface area contributed by atoms with E-state index in [2.05, 4.69) is 19.2 Å². The molecule has 0 aromatic heterocycles. The highest BCUT2D eigenvalue weighted by Crippen LogP contribution is 2.13. The minimum atomic E-state index is 0.429. The topological polar surface area (TPSA) is 29.1 Å². The summed E-state index contributed by atoms with van der Waals surface area (Å²) in [5.74, 6) is 3.37. The maximum atomic E-state index is 11.6. The van der Waals surface area contributed by atoms with Crippen LogP contribution in [-0.2, 0) is 4.79 Å². The molecule has 0 aliphatic carbocycles. The van der Waals surface area contributed by atoms with Crippen LogP contribution in [0.15, 0.2) is 0 Å². The third-order valence-electron chi connectivity index (χ3n) is 2.47. The molecular formula is C11H21NOS. The fourth-order valence-corrected chi connectivity index (χ4v) is 2.53. The first-order chi connectivity index (χ1) is 6.68. The number of rotatable bonds is 5. The number of thioether (sulfide) groups is 1. The number of carbonyl (C=O) groups is 1. The summed E-state index contributed by atoms with van der Waals surface area (Å²) in [6, 6.07) is 0.438. The van der Waals surface area contributed by atoms with Gasteiger partial charge in [-0.05, 0) is 12.3 Å². The van der Waals surface area contributed by atoms with E-state index in [4.69, 9.17) is 0 Å². The summed E-state index contributed by atoms with van der Waals surface area (Å²) in [5, 5.41) is 3.40. The third-order valence-corrected chi connectivity index (χ3v) is 3.60. The summed E-state index contributed by atoms with van der Waals surface area (Å²) in [7, 11) is 0. The van der Waals surface area contributed by atoms with E-state index in [1.165, 1.54) is 5.75 Å². The van der Waals surface area contributed by atoms with Crippen molar-refractivity contribution in [2.45, 2.75) is 39.2 Å². The van der Waals surface area contributed by atoms with Gasteiger partial charge in [0.25, 0.3) is 0 Å². The van der Waals surface area contributed by atoms with Gasteiger partial charge in [-0.3, -0.25) is 4.79 Å². The monoisotopic (exact) mass is 215 g/mol. The number of nitrogens with one attached hydrogen (secondary N) is 1. The minimum absolute atomic E-state index is 0.429. The molecule has 0 aromatic rings. The molecule has 0 bridgehead atoms. The van der Waals surface area contributed by atoms with Gasteiger partial charge in [0.05, 0.1) is 0 Å². The number of carbonyl (C=O) groups excluding carboxylic acids is 1. The minimum Gasteiger partial charge on any atom is -0.312 e. The highest BCUT2D eigenvalue weighted by Gasteiger charge is 2.16. The molecule has 1 rings (SSSR count). The van der Waals surface area contributed by atoms with Crippen molar-refractivity contribution in [2.24, 2.45) is 5.92 Å². The van der Waals surface area contributed by atoms with Crippen LogP contribution in [0.25, 0.3) is 0 Å². The molecule has 82 valence electrons. The van der Waals surface area contributed by atoms with E-state index in [0.29, 0.717) is 17.7 Å². The first-order valence-electron chi connectivity index (χ1n) is 5.51. The van der Waals surface area contributed by atoms with Crippen molar-refractivity contribution in [2.75, 3.05) is 18.1 Å². The van der Waals surface area contributed by atoms with Crippen molar-refractivity contribution in [3.8, 4) is 0 Å². The summed E-state index contributed by atoms with van der Waals surface area (Å²) in [5.41, 5.74) is 0. The van der Waals surface area contributed by atoms with Crippen LogP contribution in [0.1, 0.15) is 33.1 Å². The van der Waals surface area contributed by atoms with Gasteiger partial charge in [-0.2, -0.15) is 11.8 Å². The summed E-state index contributed by atoms with van der Waals surface area (Å²) in [6.45, 7) is 5.40. The summed E-state index contributed by atoms with van der Waals surface area (Å²) < 4.78 is 0. The van der Waals surface area contributed by atoms with Gasteiger partial charge < -0.3 is 5.32 Å². The van der Waals surface area contributed by atoms with E-state index in [0.717, 1.165) is 31.6 Å². The number of Topliss-reactive ketones (excluding diaryl/α,β-unsaturated/α-hetero) is 1. The smallest absolute Gasteiger partial charge is 0.134 e. The molecule has 1 aliphatic rings. The van der Waals surface area contributed by atoms with Gasteiger partial charge in [0.2, 0.25) is 0 Å². The first kappa shape index (κ1) is 12.1. The van der Waals surface area contributed by atoms with Crippen LogP contribution in [-0.4, -0.2) is 29.9 Å². The number of hydrogen-bond acceptors (Lipinski definition) is 3. The lowest BCUT2D eigenvalue weighted by Gasteiger charge is -2.22. The average molecular weight is 215 g/mol. The van der Waals surface area contributed by atoms with Crippen molar-refractivity contribution >= 4 is 17.5 Å². The second-order valence-corrected chi connectivity index (χ2v) is 5.55. The van der Waals surface area contributed by atoms with Crippen molar-refractivity contribution < 1.29 is 4.79 Å². The molecule has 2 nitrogen and oxygen atoms in total. The molecule has 1 fully saturated rings. The first-order valence-corrected chi connectivity index (χ1v) is 6.66. The van der Waals surface area contributed by atoms with Crippen molar-refractivity contribution in [1.82, 2.24) is 5.32 Å².